The van der Waals surface area contributed by atoms with Crippen molar-refractivity contribution in [1.82, 2.24) is 4.72 Å². The molecule has 6 heteroatoms. The normalized spacial score (nSPS) is 15.7. The molecule has 0 saturated heterocycles. The SMILES string of the molecule is CCOc1cc(C)c(S(=O)(=O)NC2CC2)cc1Cl. The van der Waals surface area contributed by atoms with Gasteiger partial charge in [-0.2, -0.15) is 0 Å². The van der Waals surface area contributed by atoms with Crippen LogP contribution in [0.25, 0.3) is 0 Å². The Bertz CT molecular complexity index is 553. The second-order valence-electron chi connectivity index (χ2n) is 4.38. The predicted molar refractivity (Wildman–Crippen MR) is 70.7 cm³/mol. The third-order valence-corrected chi connectivity index (χ3v) is 4.68. The van der Waals surface area contributed by atoms with Gasteiger partial charge >= 0.3 is 0 Å². The molecule has 1 aromatic rings. The fraction of sp³-hybridized carbons (Fsp3) is 0.500. The van der Waals surface area contributed by atoms with Crippen LogP contribution >= 0.6 is 11.6 Å². The first-order valence-electron chi connectivity index (χ1n) is 5.89. The maximum Gasteiger partial charge on any atom is 0.241 e. The van der Waals surface area contributed by atoms with E-state index < -0.39 is 10.0 Å². The van der Waals surface area contributed by atoms with Crippen molar-refractivity contribution in [3.05, 3.63) is 22.7 Å². The molecule has 1 aliphatic rings. The lowest BCUT2D eigenvalue weighted by molar-refractivity contribution is 0.340. The van der Waals surface area contributed by atoms with E-state index in [1.807, 2.05) is 6.92 Å². The summed E-state index contributed by atoms with van der Waals surface area (Å²) in [4.78, 5) is 0.225. The number of hydrogen-bond donors (Lipinski definition) is 1. The van der Waals surface area contributed by atoms with Crippen LogP contribution in [0.1, 0.15) is 25.3 Å². The summed E-state index contributed by atoms with van der Waals surface area (Å²) in [6, 6.07) is 3.19. The average Bonchev–Trinajstić information content (AvgIpc) is 3.06. The standard InChI is InChI=1S/C12H16ClNO3S/c1-3-17-11-6-8(2)12(7-10(11)13)18(15,16)14-9-4-5-9/h6-7,9,14H,3-5H2,1-2H3. The average molecular weight is 290 g/mol. The number of rotatable bonds is 5. The van der Waals surface area contributed by atoms with E-state index in [1.54, 1.807) is 13.0 Å². The molecule has 0 unspecified atom stereocenters. The first-order chi connectivity index (χ1) is 8.44. The molecule has 0 aliphatic heterocycles. The lowest BCUT2D eigenvalue weighted by Gasteiger charge is -2.12. The summed E-state index contributed by atoms with van der Waals surface area (Å²) in [5.41, 5.74) is 0.635. The molecule has 1 aliphatic carbocycles. The van der Waals surface area contributed by atoms with Crippen molar-refractivity contribution in [2.45, 2.75) is 37.6 Å². The lowest BCUT2D eigenvalue weighted by atomic mass is 10.2. The highest BCUT2D eigenvalue weighted by molar-refractivity contribution is 7.89. The lowest BCUT2D eigenvalue weighted by Crippen LogP contribution is -2.26. The summed E-state index contributed by atoms with van der Waals surface area (Å²) in [5, 5.41) is 0.318. The van der Waals surface area contributed by atoms with Gasteiger partial charge in [-0.3, -0.25) is 0 Å². The van der Waals surface area contributed by atoms with Gasteiger partial charge in [-0.25, -0.2) is 13.1 Å². The zero-order valence-corrected chi connectivity index (χ0v) is 11.9. The van der Waals surface area contributed by atoms with Crippen LogP contribution in [0.3, 0.4) is 0 Å². The molecule has 4 nitrogen and oxygen atoms in total. The van der Waals surface area contributed by atoms with Crippen LogP contribution in [-0.2, 0) is 10.0 Å². The summed E-state index contributed by atoms with van der Waals surface area (Å²) < 4.78 is 32.2. The van der Waals surface area contributed by atoms with Gasteiger partial charge in [0.25, 0.3) is 0 Å². The Balaban J connectivity index is 2.35. The molecule has 100 valence electrons. The largest absolute Gasteiger partial charge is 0.492 e. The number of sulfonamides is 1. The van der Waals surface area contributed by atoms with Crippen LogP contribution < -0.4 is 9.46 Å². The second kappa shape index (κ2) is 5.07. The Hall–Kier alpha value is -0.780. The van der Waals surface area contributed by atoms with Crippen LogP contribution in [0.4, 0.5) is 0 Å². The van der Waals surface area contributed by atoms with E-state index in [4.69, 9.17) is 16.3 Å². The highest BCUT2D eigenvalue weighted by Gasteiger charge is 2.29. The van der Waals surface area contributed by atoms with Crippen LogP contribution in [0.15, 0.2) is 17.0 Å². The Morgan fingerprint density at radius 1 is 1.44 bits per heavy atom. The van der Waals surface area contributed by atoms with Gasteiger partial charge in [0.15, 0.2) is 0 Å². The molecule has 0 heterocycles. The highest BCUT2D eigenvalue weighted by atomic mass is 35.5. The number of benzene rings is 1. The molecule has 0 radical (unpaired) electrons. The molecule has 18 heavy (non-hydrogen) atoms. The predicted octanol–water partition coefficient (Wildman–Crippen LogP) is 2.49. The highest BCUT2D eigenvalue weighted by Crippen LogP contribution is 2.31. The number of nitrogens with one attached hydrogen (secondary N) is 1. The summed E-state index contributed by atoms with van der Waals surface area (Å²) in [7, 11) is -3.47. The molecule has 0 spiro atoms. The van der Waals surface area contributed by atoms with Gasteiger partial charge in [0.2, 0.25) is 10.0 Å². The van der Waals surface area contributed by atoms with Gasteiger partial charge in [-0.05, 0) is 44.4 Å². The third-order valence-electron chi connectivity index (χ3n) is 2.72. The first kappa shape index (κ1) is 13.6. The van der Waals surface area contributed by atoms with E-state index >= 15 is 0 Å². The number of aryl methyl sites for hydroxylation is 1. The molecule has 1 N–H and O–H groups in total. The zero-order valence-electron chi connectivity index (χ0n) is 10.4. The Morgan fingerprint density at radius 2 is 2.11 bits per heavy atom. The molecular formula is C12H16ClNO3S. The van der Waals surface area contributed by atoms with Crippen molar-refractivity contribution in [2.24, 2.45) is 0 Å². The number of hydrogen-bond acceptors (Lipinski definition) is 3. The minimum Gasteiger partial charge on any atom is -0.492 e. The molecule has 0 amide bonds. The first-order valence-corrected chi connectivity index (χ1v) is 7.75. The van der Waals surface area contributed by atoms with Gasteiger partial charge in [0.05, 0.1) is 16.5 Å². The van der Waals surface area contributed by atoms with Crippen LogP contribution in [0, 0.1) is 6.92 Å². The van der Waals surface area contributed by atoms with Crippen molar-refractivity contribution in [3.63, 3.8) is 0 Å². The van der Waals surface area contributed by atoms with Crippen molar-refractivity contribution in [2.75, 3.05) is 6.61 Å². The van der Waals surface area contributed by atoms with Crippen molar-refractivity contribution < 1.29 is 13.2 Å². The van der Waals surface area contributed by atoms with Crippen LogP contribution in [0.5, 0.6) is 5.75 Å². The van der Waals surface area contributed by atoms with E-state index in [0.29, 0.717) is 22.9 Å². The molecule has 1 saturated carbocycles. The smallest absolute Gasteiger partial charge is 0.241 e. The van der Waals surface area contributed by atoms with E-state index in [2.05, 4.69) is 4.72 Å². The summed E-state index contributed by atoms with van der Waals surface area (Å²) in [5.74, 6) is 0.516. The molecule has 0 atom stereocenters. The maximum absolute atomic E-state index is 12.1. The summed E-state index contributed by atoms with van der Waals surface area (Å²) in [6.45, 7) is 4.08. The molecule has 2 rings (SSSR count). The number of ether oxygens (including phenoxy) is 1. The minimum absolute atomic E-state index is 0.0831. The summed E-state index contributed by atoms with van der Waals surface area (Å²) >= 11 is 6.02. The third kappa shape index (κ3) is 2.96. The van der Waals surface area contributed by atoms with Gasteiger partial charge in [-0.15, -0.1) is 0 Å². The van der Waals surface area contributed by atoms with E-state index in [-0.39, 0.29) is 10.9 Å². The second-order valence-corrected chi connectivity index (χ2v) is 6.47. The fourth-order valence-corrected chi connectivity index (χ4v) is 3.52. The van der Waals surface area contributed by atoms with E-state index in [1.165, 1.54) is 6.07 Å². The Morgan fingerprint density at radius 3 is 2.67 bits per heavy atom. The van der Waals surface area contributed by atoms with E-state index in [9.17, 15) is 8.42 Å². The van der Waals surface area contributed by atoms with Gasteiger partial charge in [0, 0.05) is 6.04 Å². The number of halogens is 1. The Kier molecular flexibility index (Phi) is 3.84. The Labute approximate surface area is 112 Å². The van der Waals surface area contributed by atoms with Crippen molar-refractivity contribution in [1.29, 1.82) is 0 Å². The van der Waals surface area contributed by atoms with Crippen molar-refractivity contribution >= 4 is 21.6 Å². The van der Waals surface area contributed by atoms with Crippen LogP contribution in [-0.4, -0.2) is 21.1 Å². The zero-order chi connectivity index (χ0) is 13.3. The molecule has 1 aromatic carbocycles. The quantitative estimate of drug-likeness (QED) is 0.906. The monoisotopic (exact) mass is 289 g/mol. The van der Waals surface area contributed by atoms with Crippen molar-refractivity contribution in [3.8, 4) is 5.75 Å². The van der Waals surface area contributed by atoms with Gasteiger partial charge in [-0.1, -0.05) is 11.6 Å². The fourth-order valence-electron chi connectivity index (χ4n) is 1.68. The van der Waals surface area contributed by atoms with E-state index in [0.717, 1.165) is 12.8 Å². The summed E-state index contributed by atoms with van der Waals surface area (Å²) in [6.07, 6.45) is 1.81. The minimum atomic E-state index is -3.47. The maximum atomic E-state index is 12.1. The molecule has 0 aromatic heterocycles. The topological polar surface area (TPSA) is 55.4 Å². The molecular weight excluding hydrogens is 274 g/mol. The van der Waals surface area contributed by atoms with Crippen LogP contribution in [0.2, 0.25) is 5.02 Å². The van der Waals surface area contributed by atoms with Gasteiger partial charge in [0.1, 0.15) is 5.75 Å². The molecule has 0 bridgehead atoms. The molecule has 1 fully saturated rings. The van der Waals surface area contributed by atoms with Gasteiger partial charge < -0.3 is 4.74 Å².